The fourth-order valence-electron chi connectivity index (χ4n) is 1.93. The van der Waals surface area contributed by atoms with Crippen LogP contribution < -0.4 is 0 Å². The van der Waals surface area contributed by atoms with E-state index >= 15 is 0 Å². The smallest absolute Gasteiger partial charge is 0.161 e. The molecule has 1 aromatic carbocycles. The fraction of sp³-hybridized carbons (Fsp3) is 0.143. The molecule has 0 aliphatic carbocycles. The molecule has 3 aromatic rings. The highest BCUT2D eigenvalue weighted by Gasteiger charge is 2.11. The molecule has 3 rings (SSSR count). The Morgan fingerprint density at radius 2 is 1.85 bits per heavy atom. The molecule has 2 heterocycles. The summed E-state index contributed by atoms with van der Waals surface area (Å²) < 4.78 is 0.756. The van der Waals surface area contributed by atoms with Crippen LogP contribution in [0.2, 0.25) is 5.15 Å². The van der Waals surface area contributed by atoms with Gasteiger partial charge in [0.2, 0.25) is 0 Å². The van der Waals surface area contributed by atoms with Crippen LogP contribution in [-0.2, 0) is 6.42 Å². The quantitative estimate of drug-likeness (QED) is 0.655. The highest BCUT2D eigenvalue weighted by molar-refractivity contribution is 9.10. The summed E-state index contributed by atoms with van der Waals surface area (Å²) >= 11 is 9.55. The fourth-order valence-corrected chi connectivity index (χ4v) is 2.58. The molecule has 0 atom stereocenters. The Balaban J connectivity index is 2.17. The monoisotopic (exact) mass is 348 g/mol. The molecular weight excluding hydrogens is 340 g/mol. The van der Waals surface area contributed by atoms with Gasteiger partial charge in [-0.1, -0.05) is 18.5 Å². The first-order valence-electron chi connectivity index (χ1n) is 6.12. The summed E-state index contributed by atoms with van der Waals surface area (Å²) in [5, 5.41) is 0.422. The summed E-state index contributed by atoms with van der Waals surface area (Å²) in [5.74, 6) is 0.600. The molecule has 0 aliphatic rings. The van der Waals surface area contributed by atoms with E-state index in [2.05, 4.69) is 35.9 Å². The number of fused-ring (bicyclic) bond motifs is 1. The Bertz CT molecular complexity index is 791. The van der Waals surface area contributed by atoms with E-state index in [1.807, 2.05) is 25.1 Å². The maximum absolute atomic E-state index is 6.14. The number of aromatic nitrogens is 4. The summed E-state index contributed by atoms with van der Waals surface area (Å²) in [6.45, 7) is 2.03. The topological polar surface area (TPSA) is 51.6 Å². The SMILES string of the molecule is CCc1nc(-c2ccc3nccnc3c2)nc(Cl)c1Br. The summed E-state index contributed by atoms with van der Waals surface area (Å²) in [6.07, 6.45) is 4.12. The second-order valence-electron chi connectivity index (χ2n) is 4.21. The molecule has 20 heavy (non-hydrogen) atoms. The zero-order chi connectivity index (χ0) is 14.1. The third-order valence-electron chi connectivity index (χ3n) is 2.94. The lowest BCUT2D eigenvalue weighted by atomic mass is 10.1. The van der Waals surface area contributed by atoms with Crippen molar-refractivity contribution in [2.45, 2.75) is 13.3 Å². The Labute approximate surface area is 129 Å². The first-order valence-corrected chi connectivity index (χ1v) is 7.29. The first-order chi connectivity index (χ1) is 9.69. The molecule has 0 unspecified atom stereocenters. The zero-order valence-electron chi connectivity index (χ0n) is 10.6. The number of aryl methyl sites for hydroxylation is 1. The van der Waals surface area contributed by atoms with Gasteiger partial charge in [0.05, 0.1) is 21.2 Å². The van der Waals surface area contributed by atoms with Gasteiger partial charge in [0.15, 0.2) is 5.82 Å². The lowest BCUT2D eigenvalue weighted by Crippen LogP contribution is -1.97. The van der Waals surface area contributed by atoms with Crippen LogP contribution in [0.15, 0.2) is 35.1 Å². The van der Waals surface area contributed by atoms with Crippen molar-refractivity contribution in [3.63, 3.8) is 0 Å². The number of hydrogen-bond donors (Lipinski definition) is 0. The number of halogens is 2. The van der Waals surface area contributed by atoms with Crippen LogP contribution in [0.25, 0.3) is 22.4 Å². The highest BCUT2D eigenvalue weighted by atomic mass is 79.9. The minimum atomic E-state index is 0.422. The minimum Gasteiger partial charge on any atom is -0.253 e. The van der Waals surface area contributed by atoms with Crippen LogP contribution in [0.5, 0.6) is 0 Å². The summed E-state index contributed by atoms with van der Waals surface area (Å²) in [6, 6.07) is 5.75. The van der Waals surface area contributed by atoms with E-state index in [1.165, 1.54) is 0 Å². The van der Waals surface area contributed by atoms with Crippen molar-refractivity contribution in [2.24, 2.45) is 0 Å². The Morgan fingerprint density at radius 1 is 1.10 bits per heavy atom. The number of rotatable bonds is 2. The predicted molar refractivity (Wildman–Crippen MR) is 82.7 cm³/mol. The molecule has 4 nitrogen and oxygen atoms in total. The second kappa shape index (κ2) is 5.42. The largest absolute Gasteiger partial charge is 0.253 e. The lowest BCUT2D eigenvalue weighted by molar-refractivity contribution is 0.991. The van der Waals surface area contributed by atoms with Gasteiger partial charge in [-0.25, -0.2) is 9.97 Å². The van der Waals surface area contributed by atoms with Crippen LogP contribution in [0, 0.1) is 0 Å². The van der Waals surface area contributed by atoms with Crippen LogP contribution in [0.1, 0.15) is 12.6 Å². The van der Waals surface area contributed by atoms with Crippen LogP contribution in [0.4, 0.5) is 0 Å². The molecule has 0 spiro atoms. The summed E-state index contributed by atoms with van der Waals surface area (Å²) in [5.41, 5.74) is 3.42. The molecule has 0 fully saturated rings. The molecule has 0 aliphatic heterocycles. The summed E-state index contributed by atoms with van der Waals surface area (Å²) in [4.78, 5) is 17.4. The normalized spacial score (nSPS) is 10.9. The molecule has 0 N–H and O–H groups in total. The third kappa shape index (κ3) is 2.39. The van der Waals surface area contributed by atoms with Crippen molar-refractivity contribution < 1.29 is 0 Å². The van der Waals surface area contributed by atoms with E-state index in [0.717, 1.165) is 33.2 Å². The van der Waals surface area contributed by atoms with E-state index in [9.17, 15) is 0 Å². The second-order valence-corrected chi connectivity index (χ2v) is 5.36. The van der Waals surface area contributed by atoms with Gasteiger partial charge in [-0.15, -0.1) is 0 Å². The predicted octanol–water partition coefficient (Wildman–Crippen LogP) is 4.07. The van der Waals surface area contributed by atoms with Gasteiger partial charge in [0, 0.05) is 18.0 Å². The molecule has 6 heteroatoms. The van der Waals surface area contributed by atoms with E-state index < -0.39 is 0 Å². The van der Waals surface area contributed by atoms with Gasteiger partial charge in [0.1, 0.15) is 5.15 Å². The Morgan fingerprint density at radius 3 is 2.60 bits per heavy atom. The zero-order valence-corrected chi connectivity index (χ0v) is 13.0. The molecule has 100 valence electrons. The van der Waals surface area contributed by atoms with Gasteiger partial charge in [0.25, 0.3) is 0 Å². The molecule has 2 aromatic heterocycles. The lowest BCUT2D eigenvalue weighted by Gasteiger charge is -2.07. The van der Waals surface area contributed by atoms with Crippen LogP contribution in [0.3, 0.4) is 0 Å². The number of hydrogen-bond acceptors (Lipinski definition) is 4. The minimum absolute atomic E-state index is 0.422. The molecular formula is C14H10BrClN4. The van der Waals surface area contributed by atoms with E-state index in [-0.39, 0.29) is 0 Å². The van der Waals surface area contributed by atoms with Gasteiger partial charge in [-0.3, -0.25) is 9.97 Å². The Kier molecular flexibility index (Phi) is 3.63. The van der Waals surface area contributed by atoms with Crippen molar-refractivity contribution in [3.05, 3.63) is 45.9 Å². The van der Waals surface area contributed by atoms with Gasteiger partial charge < -0.3 is 0 Å². The summed E-state index contributed by atoms with van der Waals surface area (Å²) in [7, 11) is 0. The van der Waals surface area contributed by atoms with E-state index in [1.54, 1.807) is 12.4 Å². The number of nitrogens with zero attached hydrogens (tertiary/aromatic N) is 4. The molecule has 0 bridgehead atoms. The maximum Gasteiger partial charge on any atom is 0.161 e. The van der Waals surface area contributed by atoms with Gasteiger partial charge in [-0.05, 0) is 40.5 Å². The van der Waals surface area contributed by atoms with Crippen molar-refractivity contribution >= 4 is 38.6 Å². The van der Waals surface area contributed by atoms with Gasteiger partial charge >= 0.3 is 0 Å². The molecule has 0 saturated carbocycles. The Hall–Kier alpha value is -1.59. The maximum atomic E-state index is 6.14. The average molecular weight is 350 g/mol. The molecule has 0 radical (unpaired) electrons. The van der Waals surface area contributed by atoms with Crippen molar-refractivity contribution in [1.29, 1.82) is 0 Å². The van der Waals surface area contributed by atoms with E-state index in [4.69, 9.17) is 11.6 Å². The third-order valence-corrected chi connectivity index (χ3v) is 4.28. The molecule has 0 amide bonds. The average Bonchev–Trinajstić information content (AvgIpc) is 2.49. The standard InChI is InChI=1S/C14H10BrClN4/c1-2-9-12(15)13(16)20-14(19-9)8-3-4-10-11(7-8)18-6-5-17-10/h3-7H,2H2,1H3. The highest BCUT2D eigenvalue weighted by Crippen LogP contribution is 2.28. The number of benzene rings is 1. The molecule has 0 saturated heterocycles. The van der Waals surface area contributed by atoms with Crippen molar-refractivity contribution in [1.82, 2.24) is 19.9 Å². The first kappa shape index (κ1) is 13.4. The van der Waals surface area contributed by atoms with E-state index in [0.29, 0.717) is 11.0 Å². The van der Waals surface area contributed by atoms with Crippen molar-refractivity contribution in [3.8, 4) is 11.4 Å². The van der Waals surface area contributed by atoms with Crippen LogP contribution >= 0.6 is 27.5 Å². The van der Waals surface area contributed by atoms with Crippen molar-refractivity contribution in [2.75, 3.05) is 0 Å². The van der Waals surface area contributed by atoms with Crippen LogP contribution in [-0.4, -0.2) is 19.9 Å². The van der Waals surface area contributed by atoms with Gasteiger partial charge in [-0.2, -0.15) is 0 Å².